The van der Waals surface area contributed by atoms with E-state index in [0.717, 1.165) is 6.42 Å². The van der Waals surface area contributed by atoms with Crippen molar-refractivity contribution < 1.29 is 19.1 Å². The second-order valence-corrected chi connectivity index (χ2v) is 5.57. The molecule has 1 atom stereocenters. The van der Waals surface area contributed by atoms with E-state index in [9.17, 15) is 9.59 Å². The maximum atomic E-state index is 12.0. The summed E-state index contributed by atoms with van der Waals surface area (Å²) in [5.41, 5.74) is 0. The molecule has 0 radical (unpaired) electrons. The largest absolute Gasteiger partial charge is 0.481 e. The molecule has 112 valence electrons. The third kappa shape index (κ3) is 3.91. The van der Waals surface area contributed by atoms with Crippen molar-refractivity contribution in [2.75, 3.05) is 6.54 Å². The Kier molecular flexibility index (Phi) is 5.10. The molecule has 1 unspecified atom stereocenters. The van der Waals surface area contributed by atoms with Crippen molar-refractivity contribution in [3.8, 4) is 10.8 Å². The highest BCUT2D eigenvalue weighted by molar-refractivity contribution is 7.16. The maximum absolute atomic E-state index is 12.0. The van der Waals surface area contributed by atoms with E-state index in [1.54, 1.807) is 18.4 Å². The summed E-state index contributed by atoms with van der Waals surface area (Å²) in [6.45, 7) is 2.03. The van der Waals surface area contributed by atoms with E-state index in [-0.39, 0.29) is 12.5 Å². The van der Waals surface area contributed by atoms with E-state index in [1.165, 1.54) is 17.5 Å². The number of amides is 1. The predicted molar refractivity (Wildman–Crippen MR) is 78.2 cm³/mol. The number of nitrogens with zero attached hydrogens (tertiary/aromatic N) is 1. The Hall–Kier alpha value is -2.15. The van der Waals surface area contributed by atoms with Gasteiger partial charge in [0.15, 0.2) is 10.8 Å². The zero-order valence-corrected chi connectivity index (χ0v) is 12.4. The molecule has 0 spiro atoms. The fraction of sp³-hybridized carbons (Fsp3) is 0.357. The lowest BCUT2D eigenvalue weighted by Gasteiger charge is -2.11. The molecule has 2 aromatic rings. The summed E-state index contributed by atoms with van der Waals surface area (Å²) >= 11 is 1.21. The van der Waals surface area contributed by atoms with Gasteiger partial charge in [0, 0.05) is 6.54 Å². The normalized spacial score (nSPS) is 12.0. The van der Waals surface area contributed by atoms with E-state index in [2.05, 4.69) is 10.3 Å². The van der Waals surface area contributed by atoms with Gasteiger partial charge in [0.05, 0.1) is 18.4 Å². The van der Waals surface area contributed by atoms with Crippen LogP contribution in [0, 0.1) is 5.92 Å². The molecule has 0 saturated heterocycles. The van der Waals surface area contributed by atoms with Gasteiger partial charge in [0.2, 0.25) is 0 Å². The van der Waals surface area contributed by atoms with Gasteiger partial charge in [-0.15, -0.1) is 11.3 Å². The second kappa shape index (κ2) is 7.03. The minimum atomic E-state index is -0.891. The Labute approximate surface area is 125 Å². The Morgan fingerprint density at radius 2 is 2.33 bits per heavy atom. The van der Waals surface area contributed by atoms with Gasteiger partial charge < -0.3 is 14.8 Å². The standard InChI is InChI=1S/C14H16N2O4S/c1-2-4-9(14(18)19)7-15-12(17)11-8-16-13(21-11)10-5-3-6-20-10/h3,5-6,8-9H,2,4,7H2,1H3,(H,15,17)(H,18,19). The van der Waals surface area contributed by atoms with E-state index in [1.807, 2.05) is 6.92 Å². The summed E-state index contributed by atoms with van der Waals surface area (Å²) in [7, 11) is 0. The van der Waals surface area contributed by atoms with Crippen LogP contribution in [0.3, 0.4) is 0 Å². The zero-order chi connectivity index (χ0) is 15.2. The number of carboxylic acid groups (broad SMARTS) is 1. The van der Waals surface area contributed by atoms with Crippen molar-refractivity contribution in [3.63, 3.8) is 0 Å². The summed E-state index contributed by atoms with van der Waals surface area (Å²) < 4.78 is 5.21. The van der Waals surface area contributed by atoms with Crippen LogP contribution < -0.4 is 5.32 Å². The van der Waals surface area contributed by atoms with Gasteiger partial charge in [0.1, 0.15) is 4.88 Å². The lowest BCUT2D eigenvalue weighted by molar-refractivity contribution is -0.141. The van der Waals surface area contributed by atoms with Gasteiger partial charge in [0.25, 0.3) is 5.91 Å². The first-order chi connectivity index (χ1) is 10.1. The molecule has 1 amide bonds. The molecule has 7 heteroatoms. The number of aliphatic carboxylic acids is 1. The molecule has 0 aliphatic carbocycles. The Bertz CT molecular complexity index is 606. The molecule has 2 aromatic heterocycles. The first-order valence-electron chi connectivity index (χ1n) is 6.62. The Morgan fingerprint density at radius 1 is 1.52 bits per heavy atom. The molecular formula is C14H16N2O4S. The highest BCUT2D eigenvalue weighted by atomic mass is 32.1. The molecule has 0 aromatic carbocycles. The number of hydrogen-bond donors (Lipinski definition) is 2. The lowest BCUT2D eigenvalue weighted by atomic mass is 10.0. The fourth-order valence-corrected chi connectivity index (χ4v) is 2.66. The fourth-order valence-electron chi connectivity index (χ4n) is 1.86. The molecule has 0 saturated carbocycles. The van der Waals surface area contributed by atoms with Crippen LogP contribution in [0.15, 0.2) is 29.0 Å². The Balaban J connectivity index is 1.96. The lowest BCUT2D eigenvalue weighted by Crippen LogP contribution is -2.32. The SMILES string of the molecule is CCCC(CNC(=O)c1cnc(-c2ccco2)s1)C(=O)O. The number of carbonyl (C=O) groups is 2. The van der Waals surface area contributed by atoms with Gasteiger partial charge in [-0.2, -0.15) is 0 Å². The number of carbonyl (C=O) groups excluding carboxylic acids is 1. The molecule has 2 rings (SSSR count). The van der Waals surface area contributed by atoms with Crippen molar-refractivity contribution >= 4 is 23.2 Å². The maximum Gasteiger partial charge on any atom is 0.308 e. The predicted octanol–water partition coefficient (Wildman–Crippen LogP) is 2.63. The highest BCUT2D eigenvalue weighted by Crippen LogP contribution is 2.25. The van der Waals surface area contributed by atoms with Gasteiger partial charge in [-0.1, -0.05) is 13.3 Å². The minimum absolute atomic E-state index is 0.121. The molecule has 0 fully saturated rings. The van der Waals surface area contributed by atoms with Crippen molar-refractivity contribution in [3.05, 3.63) is 29.5 Å². The number of nitrogens with one attached hydrogen (secondary N) is 1. The minimum Gasteiger partial charge on any atom is -0.481 e. The Morgan fingerprint density at radius 3 is 2.95 bits per heavy atom. The molecule has 0 aliphatic rings. The summed E-state index contributed by atoms with van der Waals surface area (Å²) in [5, 5.41) is 12.3. The van der Waals surface area contributed by atoms with E-state index in [4.69, 9.17) is 9.52 Å². The van der Waals surface area contributed by atoms with Crippen LogP contribution in [0.25, 0.3) is 10.8 Å². The molecule has 6 nitrogen and oxygen atoms in total. The number of rotatable bonds is 7. The second-order valence-electron chi connectivity index (χ2n) is 4.54. The van der Waals surface area contributed by atoms with Crippen molar-refractivity contribution in [2.24, 2.45) is 5.92 Å². The molecule has 0 aliphatic heterocycles. The summed E-state index contributed by atoms with van der Waals surface area (Å²) in [6, 6.07) is 3.51. The molecule has 0 bridgehead atoms. The average molecular weight is 308 g/mol. The van der Waals surface area contributed by atoms with E-state index < -0.39 is 11.9 Å². The van der Waals surface area contributed by atoms with Crippen LogP contribution in [0.2, 0.25) is 0 Å². The first kappa shape index (κ1) is 15.2. The van der Waals surface area contributed by atoms with Crippen LogP contribution >= 0.6 is 11.3 Å². The monoisotopic (exact) mass is 308 g/mol. The summed E-state index contributed by atoms with van der Waals surface area (Å²) in [5.74, 6) is -1.16. The van der Waals surface area contributed by atoms with Gasteiger partial charge in [-0.3, -0.25) is 9.59 Å². The van der Waals surface area contributed by atoms with Crippen molar-refractivity contribution in [2.45, 2.75) is 19.8 Å². The molecular weight excluding hydrogens is 292 g/mol. The summed E-state index contributed by atoms with van der Waals surface area (Å²) in [4.78, 5) is 27.6. The van der Waals surface area contributed by atoms with Crippen LogP contribution in [0.5, 0.6) is 0 Å². The van der Waals surface area contributed by atoms with Crippen LogP contribution in [0.1, 0.15) is 29.4 Å². The number of carboxylic acids is 1. The number of thiazole rings is 1. The van der Waals surface area contributed by atoms with Crippen LogP contribution in [-0.2, 0) is 4.79 Å². The van der Waals surface area contributed by atoms with Crippen molar-refractivity contribution in [1.82, 2.24) is 10.3 Å². The molecule has 2 heterocycles. The van der Waals surface area contributed by atoms with Crippen LogP contribution in [0.4, 0.5) is 0 Å². The van der Waals surface area contributed by atoms with Gasteiger partial charge in [-0.05, 0) is 18.6 Å². The molecule has 2 N–H and O–H groups in total. The van der Waals surface area contributed by atoms with Gasteiger partial charge in [-0.25, -0.2) is 4.98 Å². The topological polar surface area (TPSA) is 92.4 Å². The number of furan rings is 1. The molecule has 21 heavy (non-hydrogen) atoms. The summed E-state index contributed by atoms with van der Waals surface area (Å²) in [6.07, 6.45) is 4.30. The van der Waals surface area contributed by atoms with E-state index >= 15 is 0 Å². The third-order valence-electron chi connectivity index (χ3n) is 2.96. The quantitative estimate of drug-likeness (QED) is 0.820. The zero-order valence-electron chi connectivity index (χ0n) is 11.5. The van der Waals surface area contributed by atoms with Crippen molar-refractivity contribution in [1.29, 1.82) is 0 Å². The smallest absolute Gasteiger partial charge is 0.308 e. The van der Waals surface area contributed by atoms with Gasteiger partial charge >= 0.3 is 5.97 Å². The number of aromatic nitrogens is 1. The van der Waals surface area contributed by atoms with Crippen LogP contribution in [-0.4, -0.2) is 28.5 Å². The third-order valence-corrected chi connectivity index (χ3v) is 3.97. The first-order valence-corrected chi connectivity index (χ1v) is 7.44. The number of hydrogen-bond acceptors (Lipinski definition) is 5. The van der Waals surface area contributed by atoms with E-state index in [0.29, 0.717) is 22.1 Å². The highest BCUT2D eigenvalue weighted by Gasteiger charge is 2.19. The average Bonchev–Trinajstić information content (AvgIpc) is 3.11.